The normalized spacial score (nSPS) is 14.1. The highest BCUT2D eigenvalue weighted by molar-refractivity contribution is 7.98. The number of carbonyl (C=O) groups excluding carboxylic acids is 1. The number of aryl methyl sites for hydroxylation is 2. The Bertz CT molecular complexity index is 1100. The van der Waals surface area contributed by atoms with Crippen molar-refractivity contribution in [3.63, 3.8) is 0 Å². The minimum absolute atomic E-state index is 0.0450. The number of aromatic nitrogens is 2. The topological polar surface area (TPSA) is 61.4 Å². The maximum atomic E-state index is 12.9. The van der Waals surface area contributed by atoms with E-state index in [0.717, 1.165) is 61.9 Å². The van der Waals surface area contributed by atoms with Crippen molar-refractivity contribution in [1.29, 1.82) is 0 Å². The third-order valence-electron chi connectivity index (χ3n) is 6.17. The van der Waals surface area contributed by atoms with Crippen LogP contribution in [-0.2, 0) is 12.8 Å². The van der Waals surface area contributed by atoms with Crippen molar-refractivity contribution in [3.8, 4) is 0 Å². The second kappa shape index (κ2) is 11.4. The van der Waals surface area contributed by atoms with Crippen molar-refractivity contribution < 1.29 is 4.79 Å². The lowest BCUT2D eigenvalue weighted by Crippen LogP contribution is -2.38. The van der Waals surface area contributed by atoms with E-state index >= 15 is 0 Å². The molecular weight excluding hydrogens is 442 g/mol. The molecule has 4 rings (SSSR count). The number of anilines is 2. The molecule has 6 nitrogen and oxygen atoms in total. The molecule has 0 saturated carbocycles. The second-order valence-electron chi connectivity index (χ2n) is 8.52. The molecule has 0 spiro atoms. The Hall–Kier alpha value is -3.06. The summed E-state index contributed by atoms with van der Waals surface area (Å²) in [5.74, 6) is 1.82. The summed E-state index contributed by atoms with van der Waals surface area (Å²) in [6.45, 7) is 7.12. The molecule has 1 N–H and O–H groups in total. The summed E-state index contributed by atoms with van der Waals surface area (Å²) in [5.41, 5.74) is 4.40. The first-order valence-electron chi connectivity index (χ1n) is 11.9. The summed E-state index contributed by atoms with van der Waals surface area (Å²) < 4.78 is 0. The number of hydrogen-bond donors (Lipinski definition) is 1. The van der Waals surface area contributed by atoms with Gasteiger partial charge in [0.1, 0.15) is 11.6 Å². The van der Waals surface area contributed by atoms with Crippen molar-refractivity contribution >= 4 is 29.3 Å². The number of urea groups is 1. The van der Waals surface area contributed by atoms with Crippen molar-refractivity contribution in [3.05, 3.63) is 77.2 Å². The summed E-state index contributed by atoms with van der Waals surface area (Å²) in [6, 6.07) is 18.4. The first-order valence-corrected chi connectivity index (χ1v) is 13.1. The van der Waals surface area contributed by atoms with Crippen LogP contribution in [0.15, 0.2) is 59.5 Å². The van der Waals surface area contributed by atoms with Crippen molar-refractivity contribution in [2.45, 2.75) is 38.0 Å². The smallest absolute Gasteiger partial charge is 0.321 e. The standard InChI is InChI=1S/C27H33N5OS/c1-4-25-24(19-21-9-6-5-7-10-21)26(29-20(2)28-25)31-15-8-16-32(18-17-31)27(33)30-22-11-13-23(34-3)14-12-22/h5-7,9-14H,4,8,15-19H2,1-3H3,(H,30,33). The van der Waals surface area contributed by atoms with Crippen LogP contribution in [0.2, 0.25) is 0 Å². The van der Waals surface area contributed by atoms with Crippen molar-refractivity contribution in [2.75, 3.05) is 42.7 Å². The van der Waals surface area contributed by atoms with E-state index < -0.39 is 0 Å². The highest BCUT2D eigenvalue weighted by Gasteiger charge is 2.23. The van der Waals surface area contributed by atoms with Gasteiger partial charge in [-0.1, -0.05) is 37.3 Å². The van der Waals surface area contributed by atoms with Gasteiger partial charge in [0.2, 0.25) is 0 Å². The number of nitrogens with one attached hydrogen (secondary N) is 1. The minimum Gasteiger partial charge on any atom is -0.354 e. The fourth-order valence-corrected chi connectivity index (χ4v) is 4.79. The Kier molecular flexibility index (Phi) is 8.06. The summed E-state index contributed by atoms with van der Waals surface area (Å²) in [5, 5.41) is 3.05. The van der Waals surface area contributed by atoms with Gasteiger partial charge in [-0.2, -0.15) is 0 Å². The third kappa shape index (κ3) is 5.89. The molecular formula is C27H33N5OS. The lowest BCUT2D eigenvalue weighted by atomic mass is 10.0. The van der Waals surface area contributed by atoms with Gasteiger partial charge in [0.05, 0.1) is 0 Å². The first-order chi connectivity index (χ1) is 16.6. The third-order valence-corrected chi connectivity index (χ3v) is 6.91. The van der Waals surface area contributed by atoms with E-state index in [1.165, 1.54) is 16.0 Å². The molecule has 1 aromatic heterocycles. The Balaban J connectivity index is 1.50. The molecule has 0 aliphatic carbocycles. The zero-order valence-electron chi connectivity index (χ0n) is 20.3. The maximum Gasteiger partial charge on any atom is 0.321 e. The van der Waals surface area contributed by atoms with Crippen LogP contribution in [0.3, 0.4) is 0 Å². The average molecular weight is 476 g/mol. The summed E-state index contributed by atoms with van der Waals surface area (Å²) >= 11 is 1.69. The highest BCUT2D eigenvalue weighted by atomic mass is 32.2. The summed E-state index contributed by atoms with van der Waals surface area (Å²) in [6.07, 6.45) is 4.63. The van der Waals surface area contributed by atoms with Crippen LogP contribution in [0.1, 0.15) is 36.0 Å². The first kappa shape index (κ1) is 24.1. The number of rotatable bonds is 6. The fourth-order valence-electron chi connectivity index (χ4n) is 4.38. The summed E-state index contributed by atoms with van der Waals surface area (Å²) in [7, 11) is 0. The second-order valence-corrected chi connectivity index (χ2v) is 9.40. The lowest BCUT2D eigenvalue weighted by molar-refractivity contribution is 0.215. The number of benzene rings is 2. The Labute approximate surface area is 206 Å². The van der Waals surface area contributed by atoms with E-state index in [9.17, 15) is 4.79 Å². The van der Waals surface area contributed by atoms with Crippen molar-refractivity contribution in [2.24, 2.45) is 0 Å². The number of nitrogens with zero attached hydrogens (tertiary/aromatic N) is 4. The van der Waals surface area contributed by atoms with Gasteiger partial charge in [0.15, 0.2) is 0 Å². The van der Waals surface area contributed by atoms with Crippen LogP contribution in [0.5, 0.6) is 0 Å². The average Bonchev–Trinajstić information content (AvgIpc) is 3.12. The molecule has 1 aliphatic rings. The zero-order valence-corrected chi connectivity index (χ0v) is 21.1. The Morgan fingerprint density at radius 2 is 1.76 bits per heavy atom. The lowest BCUT2D eigenvalue weighted by Gasteiger charge is -2.26. The van der Waals surface area contributed by atoms with Crippen molar-refractivity contribution in [1.82, 2.24) is 14.9 Å². The molecule has 0 atom stereocenters. The molecule has 1 aliphatic heterocycles. The van der Waals surface area contributed by atoms with Crippen LogP contribution in [0.4, 0.5) is 16.3 Å². The van der Waals surface area contributed by atoms with Crippen LogP contribution >= 0.6 is 11.8 Å². The van der Waals surface area contributed by atoms with Crippen LogP contribution in [-0.4, -0.2) is 53.3 Å². The molecule has 7 heteroatoms. The Morgan fingerprint density at radius 3 is 2.47 bits per heavy atom. The van der Waals surface area contributed by atoms with E-state index in [-0.39, 0.29) is 6.03 Å². The van der Waals surface area contributed by atoms with Gasteiger partial charge in [0.25, 0.3) is 0 Å². The molecule has 2 amide bonds. The molecule has 0 unspecified atom stereocenters. The SMILES string of the molecule is CCc1nc(C)nc(N2CCCN(C(=O)Nc3ccc(SC)cc3)CC2)c1Cc1ccccc1. The van der Waals surface area contributed by atoms with Gasteiger partial charge in [0, 0.05) is 54.4 Å². The molecule has 3 aromatic rings. The van der Waals surface area contributed by atoms with E-state index in [1.54, 1.807) is 11.8 Å². The molecule has 0 bridgehead atoms. The maximum absolute atomic E-state index is 12.9. The molecule has 2 aromatic carbocycles. The fraction of sp³-hybridized carbons (Fsp3) is 0.370. The van der Waals surface area contributed by atoms with Gasteiger partial charge < -0.3 is 15.1 Å². The number of hydrogen-bond acceptors (Lipinski definition) is 5. The zero-order chi connectivity index (χ0) is 23.9. The molecule has 1 saturated heterocycles. The molecule has 178 valence electrons. The summed E-state index contributed by atoms with van der Waals surface area (Å²) in [4.78, 5) is 28.0. The minimum atomic E-state index is -0.0450. The largest absolute Gasteiger partial charge is 0.354 e. The highest BCUT2D eigenvalue weighted by Crippen LogP contribution is 2.26. The van der Waals surface area contributed by atoms with Crippen LogP contribution < -0.4 is 10.2 Å². The number of carbonyl (C=O) groups is 1. The van der Waals surface area contributed by atoms with Gasteiger partial charge in [-0.25, -0.2) is 14.8 Å². The molecule has 1 fully saturated rings. The molecule has 34 heavy (non-hydrogen) atoms. The van der Waals surface area contributed by atoms with Gasteiger partial charge >= 0.3 is 6.03 Å². The van der Waals surface area contributed by atoms with Crippen LogP contribution in [0, 0.1) is 6.92 Å². The number of amides is 2. The molecule has 0 radical (unpaired) electrons. The van der Waals surface area contributed by atoms with Gasteiger partial charge in [-0.15, -0.1) is 11.8 Å². The van der Waals surface area contributed by atoms with E-state index in [1.807, 2.05) is 48.4 Å². The Morgan fingerprint density at radius 1 is 1.00 bits per heavy atom. The molecule has 2 heterocycles. The predicted octanol–water partition coefficient (Wildman–Crippen LogP) is 5.40. The number of thioether (sulfide) groups is 1. The van der Waals surface area contributed by atoms with E-state index in [2.05, 4.69) is 41.4 Å². The quantitative estimate of drug-likeness (QED) is 0.484. The predicted molar refractivity (Wildman–Crippen MR) is 141 cm³/mol. The van der Waals surface area contributed by atoms with Gasteiger partial charge in [-0.3, -0.25) is 0 Å². The van der Waals surface area contributed by atoms with Gasteiger partial charge in [-0.05, 0) is 55.9 Å². The van der Waals surface area contributed by atoms with E-state index in [4.69, 9.17) is 9.97 Å². The van der Waals surface area contributed by atoms with Crippen LogP contribution in [0.25, 0.3) is 0 Å². The monoisotopic (exact) mass is 475 g/mol. The van der Waals surface area contributed by atoms with E-state index in [0.29, 0.717) is 6.54 Å².